The molecule has 2 heterocycles. The highest BCUT2D eigenvalue weighted by atomic mass is 32.2. The van der Waals surface area contributed by atoms with Gasteiger partial charge >= 0.3 is 0 Å². The first kappa shape index (κ1) is 31.5. The van der Waals surface area contributed by atoms with Gasteiger partial charge in [-0.05, 0) is 98.9 Å². The van der Waals surface area contributed by atoms with Crippen LogP contribution >= 0.6 is 0 Å². The number of aryl methyl sites for hydroxylation is 2. The summed E-state index contributed by atoms with van der Waals surface area (Å²) in [4.78, 5) is 25.7. The number of rotatable bonds is 4. The first-order valence-corrected chi connectivity index (χ1v) is 17.3. The van der Waals surface area contributed by atoms with Gasteiger partial charge in [0.05, 0.1) is 16.6 Å². The van der Waals surface area contributed by atoms with Crippen molar-refractivity contribution in [1.29, 1.82) is 0 Å². The zero-order chi connectivity index (χ0) is 32.3. The lowest BCUT2D eigenvalue weighted by Gasteiger charge is -2.60. The SMILES string of the molecule is Cc1cccc(C)c1-c1nc2nc(c1C)OC[C@@H](CC(C)(C)C)N([C@H]1CC3(C[C@H](CO)C3)C1)C(=O)c1cccc(c1)S(=O)(=O)N2. The lowest BCUT2D eigenvalue weighted by Crippen LogP contribution is -2.61. The Morgan fingerprint density at radius 1 is 1.02 bits per heavy atom. The normalized spacial score (nSPS) is 26.0. The van der Waals surface area contributed by atoms with Gasteiger partial charge in [-0.25, -0.2) is 18.1 Å². The van der Waals surface area contributed by atoms with Crippen molar-refractivity contribution in [3.63, 3.8) is 0 Å². The van der Waals surface area contributed by atoms with E-state index >= 15 is 0 Å². The summed E-state index contributed by atoms with van der Waals surface area (Å²) in [6.07, 6.45) is 4.36. The molecular weight excluding hydrogens is 588 g/mol. The van der Waals surface area contributed by atoms with E-state index in [4.69, 9.17) is 9.72 Å². The number of sulfonamides is 1. The fourth-order valence-electron chi connectivity index (χ4n) is 7.75. The average molecular weight is 633 g/mol. The van der Waals surface area contributed by atoms with Crippen molar-refractivity contribution >= 4 is 21.9 Å². The Kier molecular flexibility index (Phi) is 7.96. The molecule has 3 aromatic rings. The van der Waals surface area contributed by atoms with E-state index in [1.54, 1.807) is 12.1 Å². The summed E-state index contributed by atoms with van der Waals surface area (Å²) in [5, 5.41) is 9.64. The number of nitrogens with one attached hydrogen (secondary N) is 1. The third-order valence-corrected chi connectivity index (χ3v) is 11.1. The predicted octanol–water partition coefficient (Wildman–Crippen LogP) is 6.06. The van der Waals surface area contributed by atoms with Crippen LogP contribution in [0.15, 0.2) is 47.4 Å². The molecule has 2 fully saturated rings. The Morgan fingerprint density at radius 3 is 2.33 bits per heavy atom. The van der Waals surface area contributed by atoms with Crippen LogP contribution in [-0.4, -0.2) is 59.6 Å². The van der Waals surface area contributed by atoms with Gasteiger partial charge in [-0.1, -0.05) is 45.0 Å². The molecule has 240 valence electrons. The van der Waals surface area contributed by atoms with E-state index in [9.17, 15) is 18.3 Å². The Balaban J connectivity index is 1.48. The smallest absolute Gasteiger partial charge is 0.264 e. The van der Waals surface area contributed by atoms with E-state index < -0.39 is 10.0 Å². The van der Waals surface area contributed by atoms with Crippen molar-refractivity contribution in [2.24, 2.45) is 16.7 Å². The van der Waals surface area contributed by atoms with Crippen LogP contribution in [0, 0.1) is 37.5 Å². The number of benzene rings is 2. The van der Waals surface area contributed by atoms with Gasteiger partial charge in [-0.2, -0.15) is 4.98 Å². The molecule has 9 nitrogen and oxygen atoms in total. The minimum absolute atomic E-state index is 0.0103. The van der Waals surface area contributed by atoms with Crippen LogP contribution in [0.3, 0.4) is 0 Å². The quantitative estimate of drug-likeness (QED) is 0.359. The number of aliphatic hydroxyl groups is 1. The average Bonchev–Trinajstić information content (AvgIpc) is 2.92. The molecule has 1 aliphatic heterocycles. The number of carbonyl (C=O) groups is 1. The fourth-order valence-corrected chi connectivity index (χ4v) is 8.74. The maximum Gasteiger partial charge on any atom is 0.264 e. The van der Waals surface area contributed by atoms with Crippen LogP contribution in [0.4, 0.5) is 5.95 Å². The molecule has 1 atom stereocenters. The van der Waals surface area contributed by atoms with Crippen molar-refractivity contribution in [3.8, 4) is 17.1 Å². The zero-order valence-corrected chi connectivity index (χ0v) is 27.9. The van der Waals surface area contributed by atoms with Crippen molar-refractivity contribution in [2.75, 3.05) is 17.9 Å². The monoisotopic (exact) mass is 632 g/mol. The number of ether oxygens (including phenoxy) is 1. The number of hydrogen-bond acceptors (Lipinski definition) is 7. The summed E-state index contributed by atoms with van der Waals surface area (Å²) in [6, 6.07) is 11.9. The van der Waals surface area contributed by atoms with Crippen molar-refractivity contribution in [1.82, 2.24) is 14.9 Å². The minimum Gasteiger partial charge on any atom is -0.475 e. The molecular formula is C35H44N4O5S. The molecule has 2 saturated carbocycles. The third kappa shape index (κ3) is 6.06. The number of anilines is 1. The number of hydrogen-bond donors (Lipinski definition) is 2. The van der Waals surface area contributed by atoms with Crippen LogP contribution in [0.1, 0.15) is 79.9 Å². The molecule has 1 amide bonds. The third-order valence-electron chi connectivity index (χ3n) is 9.76. The van der Waals surface area contributed by atoms with E-state index in [0.29, 0.717) is 29.2 Å². The second-order valence-corrected chi connectivity index (χ2v) is 16.4. The highest BCUT2D eigenvalue weighted by Gasteiger charge is 2.55. The largest absolute Gasteiger partial charge is 0.475 e. The molecule has 45 heavy (non-hydrogen) atoms. The summed E-state index contributed by atoms with van der Waals surface area (Å²) in [5.74, 6) is 0.332. The topological polar surface area (TPSA) is 122 Å². The van der Waals surface area contributed by atoms with Gasteiger partial charge in [0.1, 0.15) is 6.61 Å². The fraction of sp³-hybridized carbons (Fsp3) is 0.514. The van der Waals surface area contributed by atoms with Crippen LogP contribution in [0.5, 0.6) is 5.88 Å². The molecule has 1 aromatic heterocycles. The lowest BCUT2D eigenvalue weighted by atomic mass is 9.50. The number of nitrogens with zero attached hydrogens (tertiary/aromatic N) is 3. The van der Waals surface area contributed by atoms with Crippen molar-refractivity contribution in [2.45, 2.75) is 90.6 Å². The summed E-state index contributed by atoms with van der Waals surface area (Å²) >= 11 is 0. The van der Waals surface area contributed by atoms with Gasteiger partial charge < -0.3 is 14.7 Å². The molecule has 0 saturated heterocycles. The Labute approximate surface area is 266 Å². The summed E-state index contributed by atoms with van der Waals surface area (Å²) in [7, 11) is -4.13. The van der Waals surface area contributed by atoms with Crippen LogP contribution in [0.25, 0.3) is 11.3 Å². The highest BCUT2D eigenvalue weighted by molar-refractivity contribution is 7.92. The van der Waals surface area contributed by atoms with E-state index in [2.05, 4.69) is 30.5 Å². The number of aromatic nitrogens is 2. The van der Waals surface area contributed by atoms with Crippen LogP contribution in [-0.2, 0) is 10.0 Å². The van der Waals surface area contributed by atoms with Crippen LogP contribution in [0.2, 0.25) is 0 Å². The highest BCUT2D eigenvalue weighted by Crippen LogP contribution is 2.60. The Morgan fingerprint density at radius 2 is 1.69 bits per heavy atom. The van der Waals surface area contributed by atoms with Gasteiger partial charge in [0, 0.05) is 29.3 Å². The number of carbonyl (C=O) groups excluding carboxylic acids is 1. The van der Waals surface area contributed by atoms with Gasteiger partial charge in [0.25, 0.3) is 15.9 Å². The maximum atomic E-state index is 14.4. The molecule has 0 unspecified atom stereocenters. The number of amides is 1. The van der Waals surface area contributed by atoms with E-state index in [0.717, 1.165) is 42.4 Å². The predicted molar refractivity (Wildman–Crippen MR) is 174 cm³/mol. The molecule has 2 N–H and O–H groups in total. The van der Waals surface area contributed by atoms with Gasteiger partial charge in [-0.3, -0.25) is 4.79 Å². The Bertz CT molecular complexity index is 1710. The molecule has 10 heteroatoms. The maximum absolute atomic E-state index is 14.4. The van der Waals surface area contributed by atoms with E-state index in [1.807, 2.05) is 43.9 Å². The van der Waals surface area contributed by atoms with E-state index in [1.165, 1.54) is 12.1 Å². The zero-order valence-electron chi connectivity index (χ0n) is 27.1. The summed E-state index contributed by atoms with van der Waals surface area (Å²) < 4.78 is 36.5. The lowest BCUT2D eigenvalue weighted by molar-refractivity contribution is -0.103. The number of fused-ring (bicyclic) bond motifs is 4. The number of aliphatic hydroxyl groups excluding tert-OH is 1. The summed E-state index contributed by atoms with van der Waals surface area (Å²) in [6.45, 7) is 12.8. The Hall–Kier alpha value is -3.50. The van der Waals surface area contributed by atoms with Gasteiger partial charge in [0.2, 0.25) is 11.8 Å². The molecule has 0 radical (unpaired) electrons. The first-order valence-electron chi connectivity index (χ1n) is 15.8. The minimum atomic E-state index is -4.13. The first-order chi connectivity index (χ1) is 21.2. The second-order valence-electron chi connectivity index (χ2n) is 14.7. The summed E-state index contributed by atoms with van der Waals surface area (Å²) in [5.41, 5.74) is 4.57. The van der Waals surface area contributed by atoms with Gasteiger partial charge in [0.15, 0.2) is 0 Å². The molecule has 1 spiro atoms. The van der Waals surface area contributed by atoms with E-state index in [-0.39, 0.29) is 58.8 Å². The molecule has 6 rings (SSSR count). The van der Waals surface area contributed by atoms with Crippen LogP contribution < -0.4 is 9.46 Å². The molecule has 2 aromatic carbocycles. The molecule has 2 aliphatic carbocycles. The van der Waals surface area contributed by atoms with Gasteiger partial charge in [-0.15, -0.1) is 0 Å². The standard InChI is InChI=1S/C35H44N4O5S/c1-21-9-7-10-22(2)29(21)30-23(3)31-37-33(36-30)38-45(42,43)28-12-8-11-25(13-28)32(41)39(27(20-44-31)16-34(4,5)6)26-17-35(18-26)14-24(15-35)19-40/h7-13,24,26-27,40H,14-20H2,1-6H3,(H,36,37,38)/t24-,26-,27-,35?/m1/s1. The van der Waals surface area contributed by atoms with Crippen molar-refractivity contribution in [3.05, 3.63) is 64.7 Å². The molecule has 4 bridgehead atoms. The van der Waals surface area contributed by atoms with Crippen molar-refractivity contribution < 1.29 is 23.1 Å². The molecule has 3 aliphatic rings. The second kappa shape index (κ2) is 11.4.